The molecule has 0 aliphatic carbocycles. The van der Waals surface area contributed by atoms with Crippen LogP contribution in [-0.2, 0) is 11.2 Å². The molecule has 24 heavy (non-hydrogen) atoms. The molecule has 2 heterocycles. The third kappa shape index (κ3) is 3.54. The number of benzene rings is 1. The predicted octanol–water partition coefficient (Wildman–Crippen LogP) is 4.19. The van der Waals surface area contributed by atoms with Crippen LogP contribution < -0.4 is 0 Å². The number of nitrogens with zero attached hydrogens (tertiary/aromatic N) is 1. The first-order valence-corrected chi connectivity index (χ1v) is 8.76. The summed E-state index contributed by atoms with van der Waals surface area (Å²) in [6.45, 7) is 7.14. The highest BCUT2D eigenvalue weighted by Crippen LogP contribution is 2.29. The Morgan fingerprint density at radius 3 is 2.75 bits per heavy atom. The van der Waals surface area contributed by atoms with Crippen molar-refractivity contribution in [1.82, 2.24) is 4.90 Å². The van der Waals surface area contributed by atoms with Gasteiger partial charge >= 0.3 is 0 Å². The molecule has 1 aliphatic rings. The number of carbonyl (C=O) groups excluding carboxylic acids is 1. The van der Waals surface area contributed by atoms with Crippen LogP contribution >= 0.6 is 0 Å². The van der Waals surface area contributed by atoms with Crippen LogP contribution in [0.3, 0.4) is 0 Å². The molecular formula is C20H25NO3. The van der Waals surface area contributed by atoms with Crippen molar-refractivity contribution in [2.45, 2.75) is 33.1 Å². The Morgan fingerprint density at radius 1 is 1.25 bits per heavy atom. The Kier molecular flexibility index (Phi) is 5.36. The summed E-state index contributed by atoms with van der Waals surface area (Å²) in [5.74, 6) is 0.885. The SMILES string of the molecule is CCCCc1oc2ccccc2c1C(=O)C(C)=CN1CCOCC1. The number of Topliss-reactive ketones (excluding diaryl/α,β-unsaturated/α-hetero) is 1. The van der Waals surface area contributed by atoms with Gasteiger partial charge in [-0.05, 0) is 19.4 Å². The first kappa shape index (κ1) is 16.8. The van der Waals surface area contributed by atoms with Crippen molar-refractivity contribution in [3.8, 4) is 0 Å². The van der Waals surface area contributed by atoms with E-state index in [0.717, 1.165) is 60.2 Å². The molecule has 0 saturated carbocycles. The lowest BCUT2D eigenvalue weighted by Gasteiger charge is -2.25. The van der Waals surface area contributed by atoms with Crippen molar-refractivity contribution in [3.05, 3.63) is 47.4 Å². The fraction of sp³-hybridized carbons (Fsp3) is 0.450. The molecule has 0 spiro atoms. The van der Waals surface area contributed by atoms with Crippen LogP contribution in [0.4, 0.5) is 0 Å². The van der Waals surface area contributed by atoms with Gasteiger partial charge in [0.1, 0.15) is 11.3 Å². The number of rotatable bonds is 6. The van der Waals surface area contributed by atoms with Gasteiger partial charge in [0.25, 0.3) is 0 Å². The van der Waals surface area contributed by atoms with Gasteiger partial charge in [-0.3, -0.25) is 4.79 Å². The van der Waals surface area contributed by atoms with Crippen LogP contribution in [0.5, 0.6) is 0 Å². The second-order valence-corrected chi connectivity index (χ2v) is 6.29. The molecule has 0 amide bonds. The fourth-order valence-electron chi connectivity index (χ4n) is 3.09. The lowest BCUT2D eigenvalue weighted by Crippen LogP contribution is -2.32. The minimum absolute atomic E-state index is 0.0672. The highest BCUT2D eigenvalue weighted by atomic mass is 16.5. The third-order valence-electron chi connectivity index (χ3n) is 4.43. The van der Waals surface area contributed by atoms with E-state index in [4.69, 9.17) is 9.15 Å². The number of furan rings is 1. The maximum atomic E-state index is 13.1. The number of ketones is 1. The molecule has 0 N–H and O–H groups in total. The van der Waals surface area contributed by atoms with Crippen molar-refractivity contribution in [1.29, 1.82) is 0 Å². The van der Waals surface area contributed by atoms with Gasteiger partial charge < -0.3 is 14.1 Å². The zero-order chi connectivity index (χ0) is 16.9. The van der Waals surface area contributed by atoms with E-state index in [2.05, 4.69) is 11.8 Å². The van der Waals surface area contributed by atoms with Crippen molar-refractivity contribution in [2.75, 3.05) is 26.3 Å². The third-order valence-corrected chi connectivity index (χ3v) is 4.43. The molecule has 128 valence electrons. The van der Waals surface area contributed by atoms with Crippen molar-refractivity contribution >= 4 is 16.8 Å². The van der Waals surface area contributed by atoms with Gasteiger partial charge in [-0.2, -0.15) is 0 Å². The fourth-order valence-corrected chi connectivity index (χ4v) is 3.09. The number of para-hydroxylation sites is 1. The van der Waals surface area contributed by atoms with E-state index in [0.29, 0.717) is 13.2 Å². The van der Waals surface area contributed by atoms with E-state index in [1.54, 1.807) is 0 Å². The quantitative estimate of drug-likeness (QED) is 0.589. The number of allylic oxidation sites excluding steroid dienone is 1. The molecule has 0 bridgehead atoms. The van der Waals surface area contributed by atoms with Crippen LogP contribution in [0.2, 0.25) is 0 Å². The summed E-state index contributed by atoms with van der Waals surface area (Å²) >= 11 is 0. The zero-order valence-corrected chi connectivity index (χ0v) is 14.5. The average molecular weight is 327 g/mol. The molecule has 0 atom stereocenters. The lowest BCUT2D eigenvalue weighted by molar-refractivity contribution is 0.0588. The van der Waals surface area contributed by atoms with Crippen LogP contribution in [0, 0.1) is 0 Å². The highest BCUT2D eigenvalue weighted by molar-refractivity contribution is 6.16. The summed E-state index contributed by atoms with van der Waals surface area (Å²) in [6.07, 6.45) is 4.87. The van der Waals surface area contributed by atoms with Gasteiger partial charge in [-0.15, -0.1) is 0 Å². The molecule has 2 aromatic rings. The number of carbonyl (C=O) groups is 1. The second kappa shape index (κ2) is 7.67. The van der Waals surface area contributed by atoms with E-state index in [-0.39, 0.29) is 5.78 Å². The molecule has 4 heteroatoms. The topological polar surface area (TPSA) is 42.7 Å². The van der Waals surface area contributed by atoms with E-state index < -0.39 is 0 Å². The first-order chi connectivity index (χ1) is 11.7. The van der Waals surface area contributed by atoms with Crippen LogP contribution in [0.25, 0.3) is 11.0 Å². The number of hydrogen-bond donors (Lipinski definition) is 0. The Morgan fingerprint density at radius 2 is 2.00 bits per heavy atom. The lowest BCUT2D eigenvalue weighted by atomic mass is 9.99. The first-order valence-electron chi connectivity index (χ1n) is 8.76. The zero-order valence-electron chi connectivity index (χ0n) is 14.5. The van der Waals surface area contributed by atoms with Gasteiger partial charge in [0.2, 0.25) is 0 Å². The smallest absolute Gasteiger partial charge is 0.194 e. The number of hydrogen-bond acceptors (Lipinski definition) is 4. The maximum absolute atomic E-state index is 13.1. The number of aryl methyl sites for hydroxylation is 1. The Hall–Kier alpha value is -2.07. The van der Waals surface area contributed by atoms with Gasteiger partial charge in [0.05, 0.1) is 18.8 Å². The van der Waals surface area contributed by atoms with Crippen molar-refractivity contribution < 1.29 is 13.9 Å². The summed E-state index contributed by atoms with van der Waals surface area (Å²) < 4.78 is 11.3. The molecule has 1 aromatic carbocycles. The summed E-state index contributed by atoms with van der Waals surface area (Å²) in [5.41, 5.74) is 2.29. The van der Waals surface area contributed by atoms with Gasteiger partial charge in [0, 0.05) is 36.7 Å². The number of morpholine rings is 1. The van der Waals surface area contributed by atoms with Crippen molar-refractivity contribution in [2.24, 2.45) is 0 Å². The predicted molar refractivity (Wildman–Crippen MR) is 95.3 cm³/mol. The van der Waals surface area contributed by atoms with Gasteiger partial charge in [-0.1, -0.05) is 31.5 Å². The van der Waals surface area contributed by atoms with Gasteiger partial charge in [0.15, 0.2) is 5.78 Å². The van der Waals surface area contributed by atoms with E-state index >= 15 is 0 Å². The van der Waals surface area contributed by atoms with Crippen LogP contribution in [0.1, 0.15) is 42.8 Å². The highest BCUT2D eigenvalue weighted by Gasteiger charge is 2.22. The van der Waals surface area contributed by atoms with Crippen LogP contribution in [-0.4, -0.2) is 37.0 Å². The summed E-state index contributed by atoms with van der Waals surface area (Å²) in [4.78, 5) is 15.2. The molecule has 1 saturated heterocycles. The Labute approximate surface area is 143 Å². The maximum Gasteiger partial charge on any atom is 0.194 e. The Bertz CT molecular complexity index is 738. The van der Waals surface area contributed by atoms with Crippen LogP contribution in [0.15, 0.2) is 40.5 Å². The normalized spacial score (nSPS) is 15.9. The number of unbranched alkanes of at least 4 members (excludes halogenated alkanes) is 1. The number of ether oxygens (including phenoxy) is 1. The molecule has 1 aliphatic heterocycles. The minimum Gasteiger partial charge on any atom is -0.460 e. The van der Waals surface area contributed by atoms with E-state index in [1.165, 1.54) is 0 Å². The minimum atomic E-state index is 0.0672. The molecule has 1 aromatic heterocycles. The summed E-state index contributed by atoms with van der Waals surface area (Å²) in [7, 11) is 0. The molecule has 0 radical (unpaired) electrons. The number of fused-ring (bicyclic) bond motifs is 1. The van der Waals surface area contributed by atoms with E-state index in [9.17, 15) is 4.79 Å². The molecule has 1 fully saturated rings. The average Bonchev–Trinajstić information content (AvgIpc) is 2.98. The Balaban J connectivity index is 1.93. The molecule has 0 unspecified atom stereocenters. The largest absolute Gasteiger partial charge is 0.460 e. The monoisotopic (exact) mass is 327 g/mol. The molecular weight excluding hydrogens is 302 g/mol. The summed E-state index contributed by atoms with van der Waals surface area (Å²) in [6, 6.07) is 7.81. The molecule has 4 nitrogen and oxygen atoms in total. The second-order valence-electron chi connectivity index (χ2n) is 6.29. The van der Waals surface area contributed by atoms with Gasteiger partial charge in [-0.25, -0.2) is 0 Å². The standard InChI is InChI=1S/C20H25NO3/c1-3-4-8-18-19(16-7-5-6-9-17(16)24-18)20(22)15(2)14-21-10-12-23-13-11-21/h5-7,9,14H,3-4,8,10-13H2,1-2H3. The van der Waals surface area contributed by atoms with E-state index in [1.807, 2.05) is 37.4 Å². The molecule has 3 rings (SSSR count). The summed E-state index contributed by atoms with van der Waals surface area (Å²) in [5, 5.41) is 0.920. The van der Waals surface area contributed by atoms with Crippen molar-refractivity contribution in [3.63, 3.8) is 0 Å².